The molecular formula is C13H18N6O4S. The molecular weight excluding hydrogens is 336 g/mol. The smallest absolute Gasteiger partial charge is 0.369 e. The summed E-state index contributed by atoms with van der Waals surface area (Å²) in [6, 6.07) is 7.20. The molecule has 0 fully saturated rings. The molecule has 0 unspecified atom stereocenters. The molecule has 130 valence electrons. The molecule has 1 aromatic heterocycles. The van der Waals surface area contributed by atoms with E-state index in [4.69, 9.17) is 4.55 Å². The Kier molecular flexibility index (Phi) is 5.95. The number of anilines is 1. The molecule has 0 spiro atoms. The van der Waals surface area contributed by atoms with E-state index in [-0.39, 0.29) is 12.6 Å². The highest BCUT2D eigenvalue weighted by atomic mass is 32.3. The molecule has 0 saturated heterocycles. The third-order valence-electron chi connectivity index (χ3n) is 3.03. The van der Waals surface area contributed by atoms with Gasteiger partial charge >= 0.3 is 10.4 Å². The van der Waals surface area contributed by atoms with Gasteiger partial charge in [-0.2, -0.15) is 13.4 Å². The zero-order chi connectivity index (χ0) is 17.6. The molecule has 0 radical (unpaired) electrons. The van der Waals surface area contributed by atoms with Crippen LogP contribution in [0.5, 0.6) is 0 Å². The van der Waals surface area contributed by atoms with Gasteiger partial charge in [-0.15, -0.1) is 15.3 Å². The van der Waals surface area contributed by atoms with E-state index >= 15 is 0 Å². The van der Waals surface area contributed by atoms with Crippen LogP contribution in [0.3, 0.4) is 0 Å². The van der Waals surface area contributed by atoms with Gasteiger partial charge in [0.1, 0.15) is 6.33 Å². The van der Waals surface area contributed by atoms with Crippen molar-refractivity contribution >= 4 is 27.7 Å². The minimum Gasteiger partial charge on any atom is -0.369 e. The summed E-state index contributed by atoms with van der Waals surface area (Å²) in [6.07, 6.45) is 1.53. The molecule has 2 aromatic rings. The molecule has 11 heteroatoms. The maximum atomic E-state index is 10.6. The van der Waals surface area contributed by atoms with Gasteiger partial charge in [0.15, 0.2) is 0 Å². The summed E-state index contributed by atoms with van der Waals surface area (Å²) in [6.45, 7) is 2.75. The average molecular weight is 354 g/mol. The molecule has 1 N–H and O–H groups in total. The zero-order valence-corrected chi connectivity index (χ0v) is 14.1. The number of hydrogen-bond acceptors (Lipinski definition) is 8. The molecule has 0 aliphatic carbocycles. The highest BCUT2D eigenvalue weighted by Crippen LogP contribution is 2.21. The first-order chi connectivity index (χ1) is 11.4. The van der Waals surface area contributed by atoms with Crippen molar-refractivity contribution in [3.63, 3.8) is 0 Å². The Hall–Kier alpha value is -2.37. The fourth-order valence-electron chi connectivity index (χ4n) is 1.93. The summed E-state index contributed by atoms with van der Waals surface area (Å²) >= 11 is 0. The second kappa shape index (κ2) is 7.95. The van der Waals surface area contributed by atoms with Crippen LogP contribution in [-0.4, -0.2) is 47.4 Å². The van der Waals surface area contributed by atoms with Gasteiger partial charge in [-0.05, 0) is 31.2 Å². The van der Waals surface area contributed by atoms with Crippen molar-refractivity contribution in [2.45, 2.75) is 6.92 Å². The summed E-state index contributed by atoms with van der Waals surface area (Å²) in [5, 5.41) is 12.0. The first kappa shape index (κ1) is 18.0. The maximum Gasteiger partial charge on any atom is 0.397 e. The first-order valence-electron chi connectivity index (χ1n) is 7.11. The second-order valence-corrected chi connectivity index (χ2v) is 5.86. The Balaban J connectivity index is 1.97. The fraction of sp³-hybridized carbons (Fsp3) is 0.385. The molecule has 2 rings (SSSR count). The summed E-state index contributed by atoms with van der Waals surface area (Å²) < 4.78 is 35.5. The van der Waals surface area contributed by atoms with E-state index in [1.807, 2.05) is 24.0 Å². The molecule has 0 aliphatic rings. The predicted octanol–water partition coefficient (Wildman–Crippen LogP) is 1.88. The largest absolute Gasteiger partial charge is 0.397 e. The van der Waals surface area contributed by atoms with Crippen LogP contribution in [0.4, 0.5) is 17.3 Å². The van der Waals surface area contributed by atoms with Gasteiger partial charge in [-0.25, -0.2) is 4.18 Å². The van der Waals surface area contributed by atoms with E-state index in [0.717, 1.165) is 5.69 Å². The van der Waals surface area contributed by atoms with E-state index in [1.165, 1.54) is 11.0 Å². The predicted molar refractivity (Wildman–Crippen MR) is 87.0 cm³/mol. The number of rotatable bonds is 8. The number of benzene rings is 1. The lowest BCUT2D eigenvalue weighted by atomic mass is 10.2. The van der Waals surface area contributed by atoms with Gasteiger partial charge in [-0.1, -0.05) is 0 Å². The number of hydrogen-bond donors (Lipinski definition) is 1. The minimum atomic E-state index is -4.42. The van der Waals surface area contributed by atoms with Crippen molar-refractivity contribution in [3.05, 3.63) is 30.6 Å². The van der Waals surface area contributed by atoms with Gasteiger partial charge in [0, 0.05) is 25.8 Å². The van der Waals surface area contributed by atoms with Crippen LogP contribution in [-0.2, 0) is 21.6 Å². The second-order valence-electron chi connectivity index (χ2n) is 4.76. The van der Waals surface area contributed by atoms with Crippen LogP contribution in [0.2, 0.25) is 0 Å². The summed E-state index contributed by atoms with van der Waals surface area (Å²) in [5.74, 6) is 0.277. The zero-order valence-electron chi connectivity index (χ0n) is 13.3. The lowest BCUT2D eigenvalue weighted by Crippen LogP contribution is -2.27. The van der Waals surface area contributed by atoms with Crippen LogP contribution in [0, 0.1) is 0 Å². The molecule has 24 heavy (non-hydrogen) atoms. The van der Waals surface area contributed by atoms with E-state index < -0.39 is 10.4 Å². The molecule has 1 aromatic carbocycles. The summed E-state index contributed by atoms with van der Waals surface area (Å²) in [5.41, 5.74) is 1.50. The number of azo groups is 1. The highest BCUT2D eigenvalue weighted by Gasteiger charge is 2.08. The summed E-state index contributed by atoms with van der Waals surface area (Å²) in [4.78, 5) is 5.84. The number of nitrogens with zero attached hydrogens (tertiary/aromatic N) is 6. The Morgan fingerprint density at radius 1 is 1.29 bits per heavy atom. The standard InChI is InChI=1S/C13H18N6O4S/c1-3-19(8-9-23-24(20,21)22)12-6-4-11(5-7-12)15-16-13-14-10-18(2)17-13/h4-7,10H,3,8-9H2,1-2H3,(H,20,21,22). The van der Waals surface area contributed by atoms with Crippen LogP contribution >= 0.6 is 0 Å². The third kappa shape index (κ3) is 5.68. The van der Waals surface area contributed by atoms with Crippen LogP contribution in [0.1, 0.15) is 6.92 Å². The van der Waals surface area contributed by atoms with Crippen molar-refractivity contribution in [3.8, 4) is 0 Å². The van der Waals surface area contributed by atoms with Crippen molar-refractivity contribution in [2.24, 2.45) is 17.3 Å². The van der Waals surface area contributed by atoms with Gasteiger partial charge in [-0.3, -0.25) is 9.23 Å². The number of aromatic nitrogens is 3. The molecule has 0 bridgehead atoms. The lowest BCUT2D eigenvalue weighted by Gasteiger charge is -2.22. The van der Waals surface area contributed by atoms with Gasteiger partial charge in [0.05, 0.1) is 12.3 Å². The topological polar surface area (TPSA) is 122 Å². The van der Waals surface area contributed by atoms with E-state index in [2.05, 4.69) is 24.5 Å². The monoisotopic (exact) mass is 354 g/mol. The lowest BCUT2D eigenvalue weighted by molar-refractivity contribution is 0.274. The first-order valence-corrected chi connectivity index (χ1v) is 8.48. The van der Waals surface area contributed by atoms with Gasteiger partial charge in [0.25, 0.3) is 5.95 Å². The van der Waals surface area contributed by atoms with Crippen molar-refractivity contribution in [1.82, 2.24) is 14.8 Å². The molecule has 0 amide bonds. The SMILES string of the molecule is CCN(CCOS(=O)(=O)O)c1ccc(N=Nc2ncn(C)n2)cc1. The van der Waals surface area contributed by atoms with Crippen molar-refractivity contribution in [1.29, 1.82) is 0 Å². The molecule has 1 heterocycles. The minimum absolute atomic E-state index is 0.139. The normalized spacial score (nSPS) is 12.0. The third-order valence-corrected chi connectivity index (χ3v) is 3.50. The quantitative estimate of drug-likeness (QED) is 0.567. The number of likely N-dealkylation sites (N-methyl/N-ethyl adjacent to an activating group) is 1. The van der Waals surface area contributed by atoms with Gasteiger partial charge in [0.2, 0.25) is 0 Å². The number of aryl methyl sites for hydroxylation is 1. The Labute approximate surface area is 139 Å². The van der Waals surface area contributed by atoms with Crippen molar-refractivity contribution < 1.29 is 17.2 Å². The van der Waals surface area contributed by atoms with Crippen molar-refractivity contribution in [2.75, 3.05) is 24.6 Å². The van der Waals surface area contributed by atoms with E-state index in [1.54, 1.807) is 19.2 Å². The molecule has 10 nitrogen and oxygen atoms in total. The van der Waals surface area contributed by atoms with E-state index in [9.17, 15) is 8.42 Å². The Morgan fingerprint density at radius 2 is 2.00 bits per heavy atom. The maximum absolute atomic E-state index is 10.6. The Morgan fingerprint density at radius 3 is 2.54 bits per heavy atom. The van der Waals surface area contributed by atoms with Crippen LogP contribution < -0.4 is 4.90 Å². The summed E-state index contributed by atoms with van der Waals surface area (Å²) in [7, 11) is -2.67. The fourth-order valence-corrected chi connectivity index (χ4v) is 2.21. The van der Waals surface area contributed by atoms with E-state index in [0.29, 0.717) is 18.8 Å². The molecule has 0 atom stereocenters. The van der Waals surface area contributed by atoms with Crippen LogP contribution in [0.25, 0.3) is 0 Å². The molecule has 0 saturated carbocycles. The highest BCUT2D eigenvalue weighted by molar-refractivity contribution is 7.80. The average Bonchev–Trinajstić information content (AvgIpc) is 2.95. The van der Waals surface area contributed by atoms with Crippen LogP contribution in [0.15, 0.2) is 40.8 Å². The molecule has 0 aliphatic heterocycles. The Bertz CT molecular complexity index is 787. The van der Waals surface area contributed by atoms with Gasteiger partial charge < -0.3 is 4.90 Å².